The Morgan fingerprint density at radius 3 is 2.39 bits per heavy atom. The zero-order chi connectivity index (χ0) is 20.4. The standard InChI is InChI=1S/C18H14N2O7S/c21-11-4-2-10(3-5-11)20-16(24)14(28-18(20)27)8-15(23)19-9-1-6-13(22)12(7-9)17(25)26/h1-7,14,21-22H,8H2,(H,19,23)(H,25,26). The summed E-state index contributed by atoms with van der Waals surface area (Å²) in [5, 5.41) is 28.8. The smallest absolute Gasteiger partial charge is 0.339 e. The van der Waals surface area contributed by atoms with Gasteiger partial charge in [0, 0.05) is 12.1 Å². The fourth-order valence-electron chi connectivity index (χ4n) is 2.59. The van der Waals surface area contributed by atoms with Gasteiger partial charge in [0.15, 0.2) is 0 Å². The number of thioether (sulfide) groups is 1. The maximum atomic E-state index is 12.5. The summed E-state index contributed by atoms with van der Waals surface area (Å²) >= 11 is 0.710. The molecule has 2 aromatic rings. The number of hydrogen-bond acceptors (Lipinski definition) is 7. The summed E-state index contributed by atoms with van der Waals surface area (Å²) in [5.74, 6) is -2.96. The van der Waals surface area contributed by atoms with Gasteiger partial charge in [0.2, 0.25) is 11.8 Å². The number of anilines is 2. The first-order valence-electron chi connectivity index (χ1n) is 7.96. The SMILES string of the molecule is O=C(CC1SC(=O)N(c2ccc(O)cc2)C1=O)Nc1ccc(O)c(C(=O)O)c1. The molecule has 1 atom stereocenters. The van der Waals surface area contributed by atoms with Crippen molar-refractivity contribution in [3.63, 3.8) is 0 Å². The Labute approximate surface area is 162 Å². The molecule has 144 valence electrons. The minimum atomic E-state index is -1.36. The molecule has 1 aliphatic heterocycles. The average molecular weight is 402 g/mol. The molecule has 3 rings (SSSR count). The summed E-state index contributed by atoms with van der Waals surface area (Å²) in [7, 11) is 0. The summed E-state index contributed by atoms with van der Waals surface area (Å²) in [6.45, 7) is 0. The molecule has 28 heavy (non-hydrogen) atoms. The number of carboxylic acid groups (broad SMARTS) is 1. The number of aromatic hydroxyl groups is 2. The van der Waals surface area contributed by atoms with Crippen LogP contribution in [0.25, 0.3) is 0 Å². The highest BCUT2D eigenvalue weighted by atomic mass is 32.2. The highest BCUT2D eigenvalue weighted by Crippen LogP contribution is 2.34. The molecule has 3 amide bonds. The molecule has 0 spiro atoms. The number of carboxylic acids is 1. The fourth-order valence-corrected chi connectivity index (χ4v) is 3.57. The first kappa shape index (κ1) is 19.2. The van der Waals surface area contributed by atoms with Crippen LogP contribution in [-0.2, 0) is 9.59 Å². The molecule has 0 bridgehead atoms. The first-order valence-corrected chi connectivity index (χ1v) is 8.84. The quantitative estimate of drug-likeness (QED) is 0.558. The lowest BCUT2D eigenvalue weighted by atomic mass is 10.1. The number of phenolic OH excluding ortho intramolecular Hbond substituents is 1. The van der Waals surface area contributed by atoms with Crippen molar-refractivity contribution in [2.24, 2.45) is 0 Å². The molecule has 9 nitrogen and oxygen atoms in total. The number of nitrogens with zero attached hydrogens (tertiary/aromatic N) is 1. The second-order valence-electron chi connectivity index (χ2n) is 5.85. The van der Waals surface area contributed by atoms with Crippen molar-refractivity contribution in [2.45, 2.75) is 11.7 Å². The number of carbonyl (C=O) groups is 4. The number of amides is 3. The van der Waals surface area contributed by atoms with Gasteiger partial charge in [0.1, 0.15) is 22.3 Å². The zero-order valence-electron chi connectivity index (χ0n) is 14.2. The number of hydrogen-bond donors (Lipinski definition) is 4. The minimum Gasteiger partial charge on any atom is -0.508 e. The Kier molecular flexibility index (Phi) is 5.23. The Bertz CT molecular complexity index is 974. The second kappa shape index (κ2) is 7.61. The Balaban J connectivity index is 1.69. The third-order valence-electron chi connectivity index (χ3n) is 3.91. The van der Waals surface area contributed by atoms with Crippen molar-refractivity contribution in [1.29, 1.82) is 0 Å². The van der Waals surface area contributed by atoms with Gasteiger partial charge in [0.25, 0.3) is 5.24 Å². The molecule has 1 unspecified atom stereocenters. The van der Waals surface area contributed by atoms with E-state index in [1.165, 1.54) is 30.3 Å². The first-order chi connectivity index (χ1) is 13.3. The van der Waals surface area contributed by atoms with Crippen LogP contribution < -0.4 is 10.2 Å². The van der Waals surface area contributed by atoms with Gasteiger partial charge in [-0.3, -0.25) is 14.4 Å². The van der Waals surface area contributed by atoms with Gasteiger partial charge in [-0.05, 0) is 54.2 Å². The van der Waals surface area contributed by atoms with Crippen molar-refractivity contribution >= 4 is 46.2 Å². The van der Waals surface area contributed by atoms with Gasteiger partial charge in [-0.15, -0.1) is 0 Å². The Hall–Kier alpha value is -3.53. The number of rotatable bonds is 5. The molecular formula is C18H14N2O7S. The Morgan fingerprint density at radius 1 is 1.07 bits per heavy atom. The van der Waals surface area contributed by atoms with Gasteiger partial charge in [0.05, 0.1) is 5.69 Å². The van der Waals surface area contributed by atoms with E-state index >= 15 is 0 Å². The maximum absolute atomic E-state index is 12.5. The van der Waals surface area contributed by atoms with Crippen LogP contribution in [0.4, 0.5) is 16.2 Å². The molecule has 1 saturated heterocycles. The van der Waals surface area contributed by atoms with E-state index in [4.69, 9.17) is 5.11 Å². The van der Waals surface area contributed by atoms with E-state index in [9.17, 15) is 29.4 Å². The average Bonchev–Trinajstić information content (AvgIpc) is 2.91. The molecule has 0 saturated carbocycles. The normalized spacial score (nSPS) is 16.3. The van der Waals surface area contributed by atoms with E-state index in [2.05, 4.69) is 5.32 Å². The molecule has 1 fully saturated rings. The summed E-state index contributed by atoms with van der Waals surface area (Å²) in [6, 6.07) is 9.04. The van der Waals surface area contributed by atoms with Crippen molar-refractivity contribution in [3.05, 3.63) is 48.0 Å². The van der Waals surface area contributed by atoms with E-state index in [1.807, 2.05) is 0 Å². The molecular weight excluding hydrogens is 388 g/mol. The van der Waals surface area contributed by atoms with Crippen LogP contribution in [0.1, 0.15) is 16.8 Å². The minimum absolute atomic E-state index is 0.0129. The summed E-state index contributed by atoms with van der Waals surface area (Å²) in [4.78, 5) is 48.9. The largest absolute Gasteiger partial charge is 0.508 e. The second-order valence-corrected chi connectivity index (χ2v) is 7.01. The molecule has 4 N–H and O–H groups in total. The lowest BCUT2D eigenvalue weighted by Gasteiger charge is -2.14. The van der Waals surface area contributed by atoms with Gasteiger partial charge in [-0.25, -0.2) is 9.69 Å². The van der Waals surface area contributed by atoms with Gasteiger partial charge >= 0.3 is 5.97 Å². The van der Waals surface area contributed by atoms with Crippen LogP contribution in [-0.4, -0.2) is 43.6 Å². The van der Waals surface area contributed by atoms with Crippen molar-refractivity contribution in [2.75, 3.05) is 10.2 Å². The summed E-state index contributed by atoms with van der Waals surface area (Å²) in [6.07, 6.45) is -0.299. The molecule has 2 aromatic carbocycles. The molecule has 10 heteroatoms. The topological polar surface area (TPSA) is 144 Å². The van der Waals surface area contributed by atoms with Crippen molar-refractivity contribution < 1.29 is 34.5 Å². The Morgan fingerprint density at radius 2 is 1.75 bits per heavy atom. The molecule has 0 radical (unpaired) electrons. The zero-order valence-corrected chi connectivity index (χ0v) is 15.0. The van der Waals surface area contributed by atoms with Crippen LogP contribution in [0.2, 0.25) is 0 Å². The van der Waals surface area contributed by atoms with Gasteiger partial charge in [-0.1, -0.05) is 0 Å². The van der Waals surface area contributed by atoms with E-state index in [-0.39, 0.29) is 29.1 Å². The molecule has 1 aliphatic rings. The van der Waals surface area contributed by atoms with Crippen LogP contribution >= 0.6 is 11.8 Å². The highest BCUT2D eigenvalue weighted by molar-refractivity contribution is 8.15. The van der Waals surface area contributed by atoms with E-state index in [1.54, 1.807) is 0 Å². The summed E-state index contributed by atoms with van der Waals surface area (Å²) in [5.41, 5.74) is 0.0445. The lowest BCUT2D eigenvalue weighted by molar-refractivity contribution is -0.121. The van der Waals surface area contributed by atoms with Crippen LogP contribution in [0.3, 0.4) is 0 Å². The third-order valence-corrected chi connectivity index (χ3v) is 4.95. The maximum Gasteiger partial charge on any atom is 0.339 e. The number of phenols is 2. The molecule has 1 heterocycles. The monoisotopic (exact) mass is 402 g/mol. The van der Waals surface area contributed by atoms with E-state index in [0.29, 0.717) is 11.8 Å². The number of carbonyl (C=O) groups excluding carboxylic acids is 3. The van der Waals surface area contributed by atoms with E-state index < -0.39 is 34.0 Å². The number of aromatic carboxylic acids is 1. The van der Waals surface area contributed by atoms with Crippen molar-refractivity contribution in [1.82, 2.24) is 0 Å². The van der Waals surface area contributed by atoms with Gasteiger partial charge < -0.3 is 20.6 Å². The lowest BCUT2D eigenvalue weighted by Crippen LogP contribution is -2.32. The number of imide groups is 1. The number of nitrogens with one attached hydrogen (secondary N) is 1. The highest BCUT2D eigenvalue weighted by Gasteiger charge is 2.41. The van der Waals surface area contributed by atoms with Crippen LogP contribution in [0.15, 0.2) is 42.5 Å². The van der Waals surface area contributed by atoms with Crippen LogP contribution in [0, 0.1) is 0 Å². The fraction of sp³-hybridized carbons (Fsp3) is 0.111. The third kappa shape index (κ3) is 3.91. The molecule has 0 aliphatic carbocycles. The van der Waals surface area contributed by atoms with Crippen molar-refractivity contribution in [3.8, 4) is 11.5 Å². The van der Waals surface area contributed by atoms with Gasteiger partial charge in [-0.2, -0.15) is 0 Å². The van der Waals surface area contributed by atoms with E-state index in [0.717, 1.165) is 17.0 Å². The number of benzene rings is 2. The van der Waals surface area contributed by atoms with Crippen LogP contribution in [0.5, 0.6) is 11.5 Å². The molecule has 0 aromatic heterocycles. The predicted molar refractivity (Wildman–Crippen MR) is 101 cm³/mol. The predicted octanol–water partition coefficient (Wildman–Crippen LogP) is 2.39. The summed E-state index contributed by atoms with van der Waals surface area (Å²) < 4.78 is 0.